The lowest BCUT2D eigenvalue weighted by atomic mass is 10.1. The molecule has 3 nitrogen and oxygen atoms in total. The highest BCUT2D eigenvalue weighted by Gasteiger charge is 2.05. The van der Waals surface area contributed by atoms with Gasteiger partial charge in [0.25, 0.3) is 0 Å². The zero-order valence-electron chi connectivity index (χ0n) is 11.4. The lowest BCUT2D eigenvalue weighted by molar-refractivity contribution is 0.543. The number of imidazole rings is 1. The van der Waals surface area contributed by atoms with Crippen LogP contribution in [0, 0.1) is 6.92 Å². The van der Waals surface area contributed by atoms with Crippen LogP contribution in [0.4, 0.5) is 0 Å². The van der Waals surface area contributed by atoms with Gasteiger partial charge in [-0.15, -0.1) is 0 Å². The maximum atomic E-state index is 4.26. The highest BCUT2D eigenvalue weighted by molar-refractivity contribution is 5.59. The zero-order chi connectivity index (χ0) is 13.0. The lowest BCUT2D eigenvalue weighted by Gasteiger charge is -2.11. The number of rotatable bonds is 5. The number of nitrogens with zero attached hydrogens (tertiary/aromatic N) is 2. The summed E-state index contributed by atoms with van der Waals surface area (Å²) in [5, 5.41) is 3.43. The maximum Gasteiger partial charge on any atom is 0.0951 e. The van der Waals surface area contributed by atoms with E-state index in [-0.39, 0.29) is 0 Å². The molecule has 1 aromatic heterocycles. The van der Waals surface area contributed by atoms with Crippen LogP contribution in [-0.4, -0.2) is 22.1 Å². The van der Waals surface area contributed by atoms with E-state index in [1.807, 2.05) is 12.5 Å². The molecule has 0 spiro atoms. The molecule has 18 heavy (non-hydrogen) atoms. The third-order valence-corrected chi connectivity index (χ3v) is 2.93. The molecule has 0 fully saturated rings. The van der Waals surface area contributed by atoms with Crippen LogP contribution in [0.5, 0.6) is 0 Å². The molecule has 2 rings (SSSR count). The summed E-state index contributed by atoms with van der Waals surface area (Å²) in [6.45, 7) is 8.35. The quantitative estimate of drug-likeness (QED) is 0.875. The second kappa shape index (κ2) is 5.83. The van der Waals surface area contributed by atoms with Gasteiger partial charge in [0.2, 0.25) is 0 Å². The molecule has 0 saturated heterocycles. The minimum Gasteiger partial charge on any atom is -0.329 e. The number of aromatic nitrogens is 2. The Balaban J connectivity index is 2.12. The molecule has 0 radical (unpaired) electrons. The van der Waals surface area contributed by atoms with E-state index in [9.17, 15) is 0 Å². The number of nitrogens with one attached hydrogen (secondary N) is 1. The number of hydrogen-bond acceptors (Lipinski definition) is 2. The summed E-state index contributed by atoms with van der Waals surface area (Å²) in [6.07, 6.45) is 3.84. The maximum absolute atomic E-state index is 4.26. The predicted molar refractivity (Wildman–Crippen MR) is 75.5 cm³/mol. The molecular weight excluding hydrogens is 222 g/mol. The van der Waals surface area contributed by atoms with E-state index in [2.05, 4.69) is 59.9 Å². The summed E-state index contributed by atoms with van der Waals surface area (Å²) < 4.78 is 2.20. The van der Waals surface area contributed by atoms with Crippen molar-refractivity contribution in [2.45, 2.75) is 33.4 Å². The Morgan fingerprint density at radius 2 is 2.17 bits per heavy atom. The van der Waals surface area contributed by atoms with Crippen molar-refractivity contribution >= 4 is 0 Å². The predicted octanol–water partition coefficient (Wildman–Crippen LogP) is 2.86. The van der Waals surface area contributed by atoms with Crippen LogP contribution in [-0.2, 0) is 6.54 Å². The summed E-state index contributed by atoms with van der Waals surface area (Å²) in [6, 6.07) is 9.06. The first-order valence-corrected chi connectivity index (χ1v) is 6.47. The van der Waals surface area contributed by atoms with Crippen LogP contribution in [0.25, 0.3) is 11.3 Å². The topological polar surface area (TPSA) is 29.9 Å². The highest BCUT2D eigenvalue weighted by atomic mass is 15.1. The Kier molecular flexibility index (Phi) is 4.15. The molecule has 0 unspecified atom stereocenters. The van der Waals surface area contributed by atoms with Crippen molar-refractivity contribution in [2.24, 2.45) is 0 Å². The van der Waals surface area contributed by atoms with Gasteiger partial charge in [0.1, 0.15) is 0 Å². The van der Waals surface area contributed by atoms with Gasteiger partial charge in [0.15, 0.2) is 0 Å². The normalized spacial score (nSPS) is 11.1. The lowest BCUT2D eigenvalue weighted by Crippen LogP contribution is -2.26. The molecule has 0 amide bonds. The van der Waals surface area contributed by atoms with Gasteiger partial charge in [-0.1, -0.05) is 37.6 Å². The molecule has 1 heterocycles. The average Bonchev–Trinajstić information content (AvgIpc) is 2.77. The fourth-order valence-corrected chi connectivity index (χ4v) is 2.02. The molecule has 0 aliphatic heterocycles. The van der Waals surface area contributed by atoms with Crippen molar-refractivity contribution in [1.29, 1.82) is 0 Å². The van der Waals surface area contributed by atoms with Crippen LogP contribution in [0.15, 0.2) is 36.8 Å². The summed E-state index contributed by atoms with van der Waals surface area (Å²) in [5.74, 6) is 0. The Bertz CT molecular complexity index is 500. The van der Waals surface area contributed by atoms with Crippen molar-refractivity contribution < 1.29 is 0 Å². The van der Waals surface area contributed by atoms with E-state index in [0.717, 1.165) is 13.1 Å². The zero-order valence-corrected chi connectivity index (χ0v) is 11.4. The Labute approximate surface area is 109 Å². The first-order valence-electron chi connectivity index (χ1n) is 6.47. The second-order valence-electron chi connectivity index (χ2n) is 4.95. The monoisotopic (exact) mass is 243 g/mol. The van der Waals surface area contributed by atoms with Crippen LogP contribution in [0.2, 0.25) is 0 Å². The molecule has 1 aromatic carbocycles. The van der Waals surface area contributed by atoms with Gasteiger partial charge in [0, 0.05) is 24.7 Å². The van der Waals surface area contributed by atoms with E-state index < -0.39 is 0 Å². The summed E-state index contributed by atoms with van der Waals surface area (Å²) in [7, 11) is 0. The smallest absolute Gasteiger partial charge is 0.0951 e. The van der Waals surface area contributed by atoms with E-state index in [1.165, 1.54) is 16.8 Å². The van der Waals surface area contributed by atoms with Crippen molar-refractivity contribution in [3.8, 4) is 11.3 Å². The van der Waals surface area contributed by atoms with Gasteiger partial charge in [-0.2, -0.15) is 0 Å². The minimum absolute atomic E-state index is 0.524. The first kappa shape index (κ1) is 12.8. The van der Waals surface area contributed by atoms with E-state index in [0.29, 0.717) is 6.04 Å². The number of hydrogen-bond donors (Lipinski definition) is 1. The van der Waals surface area contributed by atoms with Gasteiger partial charge in [-0.05, 0) is 13.0 Å². The molecule has 2 aromatic rings. The molecule has 0 aliphatic carbocycles. The Morgan fingerprint density at radius 3 is 2.89 bits per heavy atom. The van der Waals surface area contributed by atoms with Crippen molar-refractivity contribution in [2.75, 3.05) is 6.54 Å². The average molecular weight is 243 g/mol. The molecule has 0 bridgehead atoms. The molecular formula is C15H21N3. The van der Waals surface area contributed by atoms with Crippen LogP contribution in [0.3, 0.4) is 0 Å². The fourth-order valence-electron chi connectivity index (χ4n) is 2.02. The van der Waals surface area contributed by atoms with Gasteiger partial charge in [0.05, 0.1) is 18.2 Å². The standard InChI is InChI=1S/C15H21N3/c1-12(2)17-7-8-18-11-16-10-15(18)14-6-4-5-13(3)9-14/h4-6,9-12,17H,7-8H2,1-3H3. The first-order chi connectivity index (χ1) is 8.66. The molecule has 1 N–H and O–H groups in total. The summed E-state index contributed by atoms with van der Waals surface area (Å²) in [4.78, 5) is 4.26. The minimum atomic E-state index is 0.524. The molecule has 0 atom stereocenters. The van der Waals surface area contributed by atoms with Crippen molar-refractivity contribution in [1.82, 2.24) is 14.9 Å². The highest BCUT2D eigenvalue weighted by Crippen LogP contribution is 2.19. The summed E-state index contributed by atoms with van der Waals surface area (Å²) >= 11 is 0. The Morgan fingerprint density at radius 1 is 1.33 bits per heavy atom. The van der Waals surface area contributed by atoms with Crippen molar-refractivity contribution in [3.63, 3.8) is 0 Å². The van der Waals surface area contributed by atoms with E-state index in [1.54, 1.807) is 0 Å². The third kappa shape index (κ3) is 3.20. The van der Waals surface area contributed by atoms with Gasteiger partial charge in [-0.25, -0.2) is 4.98 Å². The van der Waals surface area contributed by atoms with Gasteiger partial charge in [-0.3, -0.25) is 0 Å². The Hall–Kier alpha value is -1.61. The molecule has 0 saturated carbocycles. The summed E-state index contributed by atoms with van der Waals surface area (Å²) in [5.41, 5.74) is 3.70. The fraction of sp³-hybridized carbons (Fsp3) is 0.400. The molecule has 96 valence electrons. The number of benzene rings is 1. The SMILES string of the molecule is Cc1cccc(-c2cncn2CCNC(C)C)c1. The van der Waals surface area contributed by atoms with E-state index >= 15 is 0 Å². The van der Waals surface area contributed by atoms with Gasteiger partial charge >= 0.3 is 0 Å². The number of aryl methyl sites for hydroxylation is 1. The molecule has 3 heteroatoms. The largest absolute Gasteiger partial charge is 0.329 e. The van der Waals surface area contributed by atoms with Crippen LogP contribution >= 0.6 is 0 Å². The van der Waals surface area contributed by atoms with Crippen LogP contribution in [0.1, 0.15) is 19.4 Å². The van der Waals surface area contributed by atoms with E-state index in [4.69, 9.17) is 0 Å². The third-order valence-electron chi connectivity index (χ3n) is 2.93. The van der Waals surface area contributed by atoms with Crippen molar-refractivity contribution in [3.05, 3.63) is 42.4 Å². The van der Waals surface area contributed by atoms with Gasteiger partial charge < -0.3 is 9.88 Å². The molecule has 0 aliphatic rings. The second-order valence-corrected chi connectivity index (χ2v) is 4.95. The van der Waals surface area contributed by atoms with Crippen LogP contribution < -0.4 is 5.32 Å².